The van der Waals surface area contributed by atoms with Gasteiger partial charge in [0.15, 0.2) is 0 Å². The molecule has 1 atom stereocenters. The first-order chi connectivity index (χ1) is 8.99. The van der Waals surface area contributed by atoms with Crippen molar-refractivity contribution in [2.24, 2.45) is 7.05 Å². The summed E-state index contributed by atoms with van der Waals surface area (Å²) < 4.78 is 2.85. The second kappa shape index (κ2) is 5.88. The number of aliphatic hydroxyl groups is 1. The first kappa shape index (κ1) is 14.3. The first-order valence-corrected chi connectivity index (χ1v) is 7.26. The molecule has 0 fully saturated rings. The molecule has 0 saturated heterocycles. The third kappa shape index (κ3) is 3.45. The molecule has 0 spiro atoms. The molecule has 0 aliphatic rings. The Balaban J connectivity index is 2.20. The van der Waals surface area contributed by atoms with Crippen LogP contribution in [0.4, 0.5) is 0 Å². The maximum Gasteiger partial charge on any atom is 0.0845 e. The molecule has 3 nitrogen and oxygen atoms in total. The number of nitrogens with zero attached hydrogens (tertiary/aromatic N) is 2. The number of aryl methyl sites for hydroxylation is 3. The van der Waals surface area contributed by atoms with Gasteiger partial charge in [0.25, 0.3) is 0 Å². The molecule has 0 aliphatic heterocycles. The van der Waals surface area contributed by atoms with E-state index in [1.54, 1.807) is 0 Å². The quantitative estimate of drug-likeness (QED) is 0.937. The Morgan fingerprint density at radius 3 is 2.63 bits per heavy atom. The average Bonchev–Trinajstić information content (AvgIpc) is 2.69. The molecule has 1 N–H and O–H groups in total. The van der Waals surface area contributed by atoms with Gasteiger partial charge in [0.1, 0.15) is 0 Å². The summed E-state index contributed by atoms with van der Waals surface area (Å²) in [6.45, 7) is 4.11. The Kier molecular flexibility index (Phi) is 4.42. The van der Waals surface area contributed by atoms with Crippen molar-refractivity contribution in [3.8, 4) is 0 Å². The zero-order valence-electron chi connectivity index (χ0n) is 11.5. The summed E-state index contributed by atoms with van der Waals surface area (Å²) in [5.74, 6) is 0. The fourth-order valence-electron chi connectivity index (χ4n) is 2.21. The van der Waals surface area contributed by atoms with E-state index in [2.05, 4.69) is 34.0 Å². The van der Waals surface area contributed by atoms with E-state index in [-0.39, 0.29) is 0 Å². The SMILES string of the molecule is CCc1cc(CC(O)c2cc(C)cc(Br)c2)n(C)n1. The maximum atomic E-state index is 10.4. The molecule has 2 rings (SSSR count). The monoisotopic (exact) mass is 322 g/mol. The van der Waals surface area contributed by atoms with E-state index in [9.17, 15) is 5.11 Å². The fraction of sp³-hybridized carbons (Fsp3) is 0.400. The van der Waals surface area contributed by atoms with Crippen molar-refractivity contribution in [3.05, 3.63) is 51.3 Å². The number of rotatable bonds is 4. The van der Waals surface area contributed by atoms with E-state index in [1.165, 1.54) is 0 Å². The van der Waals surface area contributed by atoms with Gasteiger partial charge in [-0.25, -0.2) is 0 Å². The summed E-state index contributed by atoms with van der Waals surface area (Å²) in [6, 6.07) is 8.09. The minimum Gasteiger partial charge on any atom is -0.388 e. The molecule has 2 aromatic rings. The molecule has 0 saturated carbocycles. The Bertz CT molecular complexity index is 557. The summed E-state index contributed by atoms with van der Waals surface area (Å²) in [5, 5.41) is 14.8. The number of benzene rings is 1. The molecule has 0 amide bonds. The normalized spacial score (nSPS) is 12.7. The van der Waals surface area contributed by atoms with Crippen LogP contribution in [0.2, 0.25) is 0 Å². The molecule has 102 valence electrons. The van der Waals surface area contributed by atoms with Crippen LogP contribution in [0, 0.1) is 6.92 Å². The number of hydrogen-bond acceptors (Lipinski definition) is 2. The van der Waals surface area contributed by atoms with Crippen LogP contribution in [0.1, 0.15) is 35.5 Å². The Morgan fingerprint density at radius 2 is 2.05 bits per heavy atom. The number of halogens is 1. The van der Waals surface area contributed by atoms with Gasteiger partial charge >= 0.3 is 0 Å². The Labute approximate surface area is 122 Å². The highest BCUT2D eigenvalue weighted by molar-refractivity contribution is 9.10. The van der Waals surface area contributed by atoms with E-state index < -0.39 is 6.10 Å². The van der Waals surface area contributed by atoms with Gasteiger partial charge in [-0.3, -0.25) is 4.68 Å². The molecule has 1 aromatic heterocycles. The van der Waals surface area contributed by atoms with E-state index >= 15 is 0 Å². The standard InChI is InChI=1S/C15H19BrN2O/c1-4-13-8-14(18(3)17-13)9-15(19)11-5-10(2)6-12(16)7-11/h5-8,15,19H,4,9H2,1-3H3. The highest BCUT2D eigenvalue weighted by Gasteiger charge is 2.13. The van der Waals surface area contributed by atoms with Crippen molar-refractivity contribution in [1.82, 2.24) is 9.78 Å². The van der Waals surface area contributed by atoms with Crippen LogP contribution in [0.25, 0.3) is 0 Å². The highest BCUT2D eigenvalue weighted by atomic mass is 79.9. The zero-order valence-corrected chi connectivity index (χ0v) is 13.1. The Hall–Kier alpha value is -1.13. The van der Waals surface area contributed by atoms with Crippen molar-refractivity contribution >= 4 is 15.9 Å². The van der Waals surface area contributed by atoms with Crippen molar-refractivity contribution in [3.63, 3.8) is 0 Å². The highest BCUT2D eigenvalue weighted by Crippen LogP contribution is 2.23. The van der Waals surface area contributed by atoms with Gasteiger partial charge in [0.05, 0.1) is 11.8 Å². The summed E-state index contributed by atoms with van der Waals surface area (Å²) in [4.78, 5) is 0. The van der Waals surface area contributed by atoms with Gasteiger partial charge < -0.3 is 5.11 Å². The molecule has 1 aromatic carbocycles. The topological polar surface area (TPSA) is 38.0 Å². The lowest BCUT2D eigenvalue weighted by Crippen LogP contribution is -2.06. The fourth-order valence-corrected chi connectivity index (χ4v) is 2.83. The molecule has 0 aliphatic carbocycles. The van der Waals surface area contributed by atoms with Crippen LogP contribution >= 0.6 is 15.9 Å². The van der Waals surface area contributed by atoms with Crippen LogP contribution in [0.5, 0.6) is 0 Å². The maximum absolute atomic E-state index is 10.4. The molecule has 0 bridgehead atoms. The number of aromatic nitrogens is 2. The first-order valence-electron chi connectivity index (χ1n) is 6.46. The minimum absolute atomic E-state index is 0.503. The largest absolute Gasteiger partial charge is 0.388 e. The Morgan fingerprint density at radius 1 is 1.32 bits per heavy atom. The molecular weight excluding hydrogens is 304 g/mol. The van der Waals surface area contributed by atoms with Gasteiger partial charge in [0, 0.05) is 23.6 Å². The number of aliphatic hydroxyl groups excluding tert-OH is 1. The third-order valence-electron chi connectivity index (χ3n) is 3.24. The molecule has 4 heteroatoms. The van der Waals surface area contributed by atoms with Gasteiger partial charge in [0.2, 0.25) is 0 Å². The summed E-state index contributed by atoms with van der Waals surface area (Å²) >= 11 is 3.47. The summed E-state index contributed by atoms with van der Waals surface area (Å²) in [6.07, 6.45) is 0.996. The van der Waals surface area contributed by atoms with Gasteiger partial charge in [-0.1, -0.05) is 28.9 Å². The average molecular weight is 323 g/mol. The molecule has 1 unspecified atom stereocenters. The van der Waals surface area contributed by atoms with Crippen molar-refractivity contribution in [1.29, 1.82) is 0 Å². The predicted molar refractivity (Wildman–Crippen MR) is 80.1 cm³/mol. The lowest BCUT2D eigenvalue weighted by molar-refractivity contribution is 0.175. The van der Waals surface area contributed by atoms with Crippen LogP contribution in [0.3, 0.4) is 0 Å². The molecule has 19 heavy (non-hydrogen) atoms. The van der Waals surface area contributed by atoms with Crippen molar-refractivity contribution < 1.29 is 5.11 Å². The molecular formula is C15H19BrN2O. The lowest BCUT2D eigenvalue weighted by atomic mass is 10.0. The summed E-state index contributed by atoms with van der Waals surface area (Å²) in [5.41, 5.74) is 4.20. The third-order valence-corrected chi connectivity index (χ3v) is 3.70. The predicted octanol–water partition coefficient (Wildman–Crippen LogP) is 3.33. The van der Waals surface area contributed by atoms with Crippen molar-refractivity contribution in [2.75, 3.05) is 0 Å². The van der Waals surface area contributed by atoms with E-state index in [0.29, 0.717) is 6.42 Å². The lowest BCUT2D eigenvalue weighted by Gasteiger charge is -2.12. The van der Waals surface area contributed by atoms with Crippen LogP contribution < -0.4 is 0 Å². The van der Waals surface area contributed by atoms with Gasteiger partial charge in [-0.05, 0) is 42.7 Å². The minimum atomic E-state index is -0.503. The zero-order chi connectivity index (χ0) is 14.0. The van der Waals surface area contributed by atoms with Crippen LogP contribution in [0.15, 0.2) is 28.7 Å². The van der Waals surface area contributed by atoms with Crippen LogP contribution in [-0.2, 0) is 19.9 Å². The van der Waals surface area contributed by atoms with E-state index in [4.69, 9.17) is 0 Å². The second-order valence-electron chi connectivity index (χ2n) is 4.89. The van der Waals surface area contributed by atoms with Gasteiger partial charge in [-0.2, -0.15) is 5.10 Å². The van der Waals surface area contributed by atoms with Crippen LogP contribution in [-0.4, -0.2) is 14.9 Å². The van der Waals surface area contributed by atoms with Gasteiger partial charge in [-0.15, -0.1) is 0 Å². The number of hydrogen-bond donors (Lipinski definition) is 1. The second-order valence-corrected chi connectivity index (χ2v) is 5.80. The summed E-state index contributed by atoms with van der Waals surface area (Å²) in [7, 11) is 1.92. The van der Waals surface area contributed by atoms with Crippen molar-refractivity contribution in [2.45, 2.75) is 32.8 Å². The van der Waals surface area contributed by atoms with E-state index in [0.717, 1.165) is 33.4 Å². The molecule has 0 radical (unpaired) electrons. The smallest absolute Gasteiger partial charge is 0.0845 e. The van der Waals surface area contributed by atoms with E-state index in [1.807, 2.05) is 36.9 Å². The molecule has 1 heterocycles.